The van der Waals surface area contributed by atoms with Gasteiger partial charge in [-0.05, 0) is 24.6 Å². The molecule has 32 heavy (non-hydrogen) atoms. The van der Waals surface area contributed by atoms with Gasteiger partial charge in [-0.15, -0.1) is 5.10 Å². The summed E-state index contributed by atoms with van der Waals surface area (Å²) in [6.45, 7) is 1.97. The topological polar surface area (TPSA) is 111 Å². The lowest BCUT2D eigenvalue weighted by Crippen LogP contribution is -2.48. The number of amides is 1. The molecule has 2 aliphatic heterocycles. The van der Waals surface area contributed by atoms with E-state index >= 15 is 0 Å². The fraction of sp³-hybridized carbons (Fsp3) is 0.174. The van der Waals surface area contributed by atoms with E-state index in [4.69, 9.17) is 26.8 Å². The predicted octanol–water partition coefficient (Wildman–Crippen LogP) is 2.94. The summed E-state index contributed by atoms with van der Waals surface area (Å²) < 4.78 is 10.7. The van der Waals surface area contributed by atoms with E-state index in [0.717, 1.165) is 5.56 Å². The largest absolute Gasteiger partial charge is 0.465 e. The Labute approximate surface area is 188 Å². The van der Waals surface area contributed by atoms with E-state index in [1.165, 1.54) is 7.11 Å². The standard InChI is InChI=1S/C23H19ClN4O4/c1-12-17-20(27-26-12)32-19(25)18(21(29)31-2)23(17)14-8-4-6-10-16(14)28(22(23)30)11-13-7-3-5-9-15(13)24/h3-10H,11,25H2,1-2H3,(H,26,27)/t23-/m0/s1. The van der Waals surface area contributed by atoms with Crippen molar-refractivity contribution in [1.82, 2.24) is 10.2 Å². The van der Waals surface area contributed by atoms with Gasteiger partial charge in [-0.1, -0.05) is 48.0 Å². The van der Waals surface area contributed by atoms with Gasteiger partial charge in [0.2, 0.25) is 17.7 Å². The Bertz CT molecular complexity index is 1310. The molecule has 1 spiro atoms. The molecular weight excluding hydrogens is 432 g/mol. The van der Waals surface area contributed by atoms with Crippen LogP contribution in [0.15, 0.2) is 60.0 Å². The van der Waals surface area contributed by atoms with Crippen LogP contribution in [0.1, 0.15) is 22.4 Å². The highest BCUT2D eigenvalue weighted by Gasteiger charge is 2.62. The molecule has 9 heteroatoms. The molecule has 1 amide bonds. The van der Waals surface area contributed by atoms with Crippen molar-refractivity contribution in [2.24, 2.45) is 5.73 Å². The van der Waals surface area contributed by atoms with Crippen LogP contribution in [0, 0.1) is 6.92 Å². The van der Waals surface area contributed by atoms with Crippen molar-refractivity contribution in [3.8, 4) is 5.88 Å². The molecule has 0 saturated carbocycles. The van der Waals surface area contributed by atoms with Crippen LogP contribution in [0.3, 0.4) is 0 Å². The van der Waals surface area contributed by atoms with Crippen LogP contribution in [0.2, 0.25) is 5.02 Å². The lowest BCUT2D eigenvalue weighted by molar-refractivity contribution is -0.138. The number of nitrogens with zero attached hydrogens (tertiary/aromatic N) is 2. The van der Waals surface area contributed by atoms with Gasteiger partial charge in [0.15, 0.2) is 0 Å². The molecule has 1 atom stereocenters. The Kier molecular flexibility index (Phi) is 4.49. The highest BCUT2D eigenvalue weighted by atomic mass is 35.5. The first-order valence-electron chi connectivity index (χ1n) is 9.88. The Hall–Kier alpha value is -3.78. The molecule has 0 fully saturated rings. The number of methoxy groups -OCH3 is 1. The maximum Gasteiger partial charge on any atom is 0.340 e. The third-order valence-corrected chi connectivity index (χ3v) is 6.33. The number of hydrogen-bond donors (Lipinski definition) is 2. The number of carbonyl (C=O) groups is 2. The number of anilines is 1. The molecule has 0 unspecified atom stereocenters. The van der Waals surface area contributed by atoms with Gasteiger partial charge in [-0.3, -0.25) is 9.89 Å². The van der Waals surface area contributed by atoms with E-state index in [2.05, 4.69) is 10.2 Å². The quantitative estimate of drug-likeness (QED) is 0.593. The molecule has 2 aliphatic rings. The van der Waals surface area contributed by atoms with Crippen molar-refractivity contribution in [2.45, 2.75) is 18.9 Å². The number of nitrogens with one attached hydrogen (secondary N) is 1. The van der Waals surface area contributed by atoms with Gasteiger partial charge < -0.3 is 20.1 Å². The summed E-state index contributed by atoms with van der Waals surface area (Å²) in [5.41, 5.74) is 7.56. The number of rotatable bonds is 3. The van der Waals surface area contributed by atoms with Crippen molar-refractivity contribution in [3.05, 3.63) is 87.4 Å². The van der Waals surface area contributed by atoms with Crippen LogP contribution in [-0.4, -0.2) is 29.2 Å². The number of fused-ring (bicyclic) bond motifs is 4. The van der Waals surface area contributed by atoms with E-state index in [-0.39, 0.29) is 29.8 Å². The van der Waals surface area contributed by atoms with Crippen LogP contribution in [0.4, 0.5) is 5.69 Å². The van der Waals surface area contributed by atoms with Crippen molar-refractivity contribution < 1.29 is 19.1 Å². The van der Waals surface area contributed by atoms with E-state index in [9.17, 15) is 9.59 Å². The first-order valence-corrected chi connectivity index (χ1v) is 10.3. The molecule has 3 aromatic rings. The first kappa shape index (κ1) is 20.1. The summed E-state index contributed by atoms with van der Waals surface area (Å²) in [6.07, 6.45) is 0. The summed E-state index contributed by atoms with van der Waals surface area (Å²) in [4.78, 5) is 28.9. The minimum absolute atomic E-state index is 0.0730. The van der Waals surface area contributed by atoms with Crippen molar-refractivity contribution in [3.63, 3.8) is 0 Å². The van der Waals surface area contributed by atoms with Gasteiger partial charge in [0.25, 0.3) is 0 Å². The molecule has 5 rings (SSSR count). The Morgan fingerprint density at radius 3 is 2.72 bits per heavy atom. The second kappa shape index (κ2) is 7.13. The summed E-state index contributed by atoms with van der Waals surface area (Å²) in [7, 11) is 1.24. The zero-order valence-electron chi connectivity index (χ0n) is 17.3. The van der Waals surface area contributed by atoms with Crippen LogP contribution < -0.4 is 15.4 Å². The lowest BCUT2D eigenvalue weighted by atomic mass is 9.68. The molecule has 0 radical (unpaired) electrons. The van der Waals surface area contributed by atoms with Gasteiger partial charge in [-0.2, -0.15) is 0 Å². The third-order valence-electron chi connectivity index (χ3n) is 5.96. The average molecular weight is 451 g/mol. The number of nitrogens with two attached hydrogens (primary N) is 1. The predicted molar refractivity (Wildman–Crippen MR) is 117 cm³/mol. The van der Waals surface area contributed by atoms with Gasteiger partial charge in [0, 0.05) is 22.0 Å². The number of ether oxygens (including phenoxy) is 2. The summed E-state index contributed by atoms with van der Waals surface area (Å²) in [6, 6.07) is 14.6. The highest BCUT2D eigenvalue weighted by Crippen LogP contribution is 2.56. The first-order chi connectivity index (χ1) is 15.4. The average Bonchev–Trinajstić information content (AvgIpc) is 3.27. The van der Waals surface area contributed by atoms with Crippen molar-refractivity contribution >= 4 is 29.2 Å². The second-order valence-electron chi connectivity index (χ2n) is 7.61. The molecule has 0 saturated heterocycles. The molecule has 8 nitrogen and oxygen atoms in total. The van der Waals surface area contributed by atoms with Crippen LogP contribution in [0.5, 0.6) is 5.88 Å². The van der Waals surface area contributed by atoms with E-state index in [1.54, 1.807) is 24.0 Å². The number of halogens is 1. The molecule has 1 aromatic heterocycles. The third kappa shape index (κ3) is 2.53. The fourth-order valence-corrected chi connectivity index (χ4v) is 4.83. The Balaban J connectivity index is 1.81. The van der Waals surface area contributed by atoms with Gasteiger partial charge in [0.1, 0.15) is 11.0 Å². The normalized spacial score (nSPS) is 19.1. The Morgan fingerprint density at radius 2 is 1.97 bits per heavy atom. The van der Waals surface area contributed by atoms with E-state index in [0.29, 0.717) is 27.5 Å². The maximum absolute atomic E-state index is 14.3. The smallest absolute Gasteiger partial charge is 0.340 e. The second-order valence-corrected chi connectivity index (χ2v) is 8.02. The van der Waals surface area contributed by atoms with E-state index < -0.39 is 11.4 Å². The number of H-pyrrole nitrogens is 1. The molecule has 2 aromatic carbocycles. The van der Waals surface area contributed by atoms with Crippen LogP contribution in [-0.2, 0) is 26.3 Å². The van der Waals surface area contributed by atoms with Gasteiger partial charge in [-0.25, -0.2) is 4.79 Å². The maximum atomic E-state index is 14.3. The van der Waals surface area contributed by atoms with Crippen molar-refractivity contribution in [1.29, 1.82) is 0 Å². The fourth-order valence-electron chi connectivity index (χ4n) is 4.63. The molecule has 0 aliphatic carbocycles. The summed E-state index contributed by atoms with van der Waals surface area (Å²) in [5, 5.41) is 7.56. The number of aromatic nitrogens is 2. The molecule has 3 heterocycles. The van der Waals surface area contributed by atoms with Crippen LogP contribution in [0.25, 0.3) is 0 Å². The van der Waals surface area contributed by atoms with Gasteiger partial charge >= 0.3 is 5.97 Å². The number of carbonyl (C=O) groups excluding carboxylic acids is 2. The minimum atomic E-state index is -1.57. The van der Waals surface area contributed by atoms with Crippen molar-refractivity contribution in [2.75, 3.05) is 12.0 Å². The van der Waals surface area contributed by atoms with Gasteiger partial charge in [0.05, 0.1) is 19.2 Å². The molecular formula is C23H19ClN4O4. The lowest BCUT2D eigenvalue weighted by Gasteiger charge is -2.34. The number of aromatic amines is 1. The summed E-state index contributed by atoms with van der Waals surface area (Å²) >= 11 is 6.39. The zero-order valence-corrected chi connectivity index (χ0v) is 18.1. The number of benzene rings is 2. The summed E-state index contributed by atoms with van der Waals surface area (Å²) in [5.74, 6) is -1.19. The van der Waals surface area contributed by atoms with E-state index in [1.807, 2.05) is 36.4 Å². The zero-order chi connectivity index (χ0) is 22.6. The molecule has 0 bridgehead atoms. The Morgan fingerprint density at radius 1 is 1.25 bits per heavy atom. The monoisotopic (exact) mass is 450 g/mol. The molecule has 162 valence electrons. The number of aryl methyl sites for hydroxylation is 1. The highest BCUT2D eigenvalue weighted by molar-refractivity contribution is 6.31. The minimum Gasteiger partial charge on any atom is -0.465 e. The SMILES string of the molecule is COC(=O)C1=C(N)Oc2n[nH]c(C)c2[C@]12C(=O)N(Cc1ccccc1Cl)c1ccccc12. The number of hydrogen-bond acceptors (Lipinski definition) is 6. The number of esters is 1. The van der Waals surface area contributed by atoms with Crippen LogP contribution >= 0.6 is 11.6 Å². The number of para-hydroxylation sites is 1. The molecule has 3 N–H and O–H groups in total.